The van der Waals surface area contributed by atoms with Gasteiger partial charge in [-0.1, -0.05) is 163 Å². The van der Waals surface area contributed by atoms with Gasteiger partial charge in [0.05, 0.1) is 22.3 Å². The van der Waals surface area contributed by atoms with Gasteiger partial charge in [0.25, 0.3) is 0 Å². The summed E-state index contributed by atoms with van der Waals surface area (Å²) in [5.74, 6) is 0.900. The van der Waals surface area contributed by atoms with Gasteiger partial charge in [0.2, 0.25) is 0 Å². The molecule has 0 saturated carbocycles. The number of phenolic OH excluding ortho intramolecular Hbond substituents is 1. The summed E-state index contributed by atoms with van der Waals surface area (Å²) in [4.78, 5) is 10.5. The number of nitrogens with zero attached hydrogens (tertiary/aromatic N) is 3. The first-order valence-corrected chi connectivity index (χ1v) is 21.8. The lowest BCUT2D eigenvalue weighted by atomic mass is 9.79. The summed E-state index contributed by atoms with van der Waals surface area (Å²) >= 11 is 0. The van der Waals surface area contributed by atoms with Crippen molar-refractivity contribution in [3.05, 3.63) is 192 Å². The van der Waals surface area contributed by atoms with Crippen LogP contribution in [0.5, 0.6) is 5.75 Å². The molecule has 0 amide bonds. The lowest BCUT2D eigenvalue weighted by Crippen LogP contribution is -2.17. The molecule has 7 aromatic carbocycles. The van der Waals surface area contributed by atoms with E-state index in [1.165, 1.54) is 16.7 Å². The van der Waals surface area contributed by atoms with Gasteiger partial charge >= 0.3 is 0 Å². The van der Waals surface area contributed by atoms with Gasteiger partial charge in [-0.2, -0.15) is 0 Å². The quantitative estimate of drug-likeness (QED) is 0.166. The molecule has 0 spiro atoms. The normalized spacial score (nSPS) is 12.8. The van der Waals surface area contributed by atoms with Crippen molar-refractivity contribution in [3.8, 4) is 78.6 Å². The van der Waals surface area contributed by atoms with Crippen LogP contribution in [0.1, 0.15) is 74.8 Å². The fourth-order valence-electron chi connectivity index (χ4n) is 8.65. The first-order chi connectivity index (χ1) is 31.5. The molecule has 0 unspecified atom stereocenters. The van der Waals surface area contributed by atoms with Gasteiger partial charge in [-0.25, -0.2) is 4.98 Å². The fourth-order valence-corrected chi connectivity index (χ4v) is 8.65. The van der Waals surface area contributed by atoms with Gasteiger partial charge in [-0.05, 0) is 129 Å². The van der Waals surface area contributed by atoms with Crippen molar-refractivity contribution >= 4 is 11.0 Å². The molecule has 9 aromatic rings. The number of aromatic hydroxyl groups is 1. The number of pyridine rings is 1. The average molecular weight is 825 g/mol. The fraction of sp³-hybridized carbons (Fsp3) is 0.186. The summed E-state index contributed by atoms with van der Waals surface area (Å²) in [6.07, 6.45) is 2.64. The molecule has 0 atom stereocenters. The number of para-hydroxylation sites is 1. The number of aromatic nitrogens is 3. The van der Waals surface area contributed by atoms with Gasteiger partial charge in [0.1, 0.15) is 11.6 Å². The zero-order valence-electron chi connectivity index (χ0n) is 40.2. The molecule has 1 N–H and O–H groups in total. The van der Waals surface area contributed by atoms with E-state index in [0.29, 0.717) is 17.0 Å². The summed E-state index contributed by atoms with van der Waals surface area (Å²) in [5.41, 5.74) is 16.3. The summed E-state index contributed by atoms with van der Waals surface area (Å²) < 4.78 is 25.8. The number of rotatable bonds is 8. The van der Waals surface area contributed by atoms with E-state index in [2.05, 4.69) is 174 Å². The Hall–Kier alpha value is -7.04. The third-order valence-electron chi connectivity index (χ3n) is 12.1. The van der Waals surface area contributed by atoms with Crippen molar-refractivity contribution in [2.75, 3.05) is 0 Å². The molecule has 0 aliphatic carbocycles. The van der Waals surface area contributed by atoms with Crippen molar-refractivity contribution < 1.29 is 9.22 Å². The number of hydrogen-bond acceptors (Lipinski definition) is 3. The van der Waals surface area contributed by atoms with Crippen molar-refractivity contribution in [1.29, 1.82) is 0 Å². The molecule has 0 aliphatic rings. The van der Waals surface area contributed by atoms with E-state index in [9.17, 15) is 5.11 Å². The minimum atomic E-state index is -2.17. The molecular weight excluding hydrogens is 767 g/mol. The highest BCUT2D eigenvalue weighted by Gasteiger charge is 2.29. The second kappa shape index (κ2) is 16.3. The predicted molar refractivity (Wildman–Crippen MR) is 265 cm³/mol. The van der Waals surface area contributed by atoms with Crippen LogP contribution in [0.3, 0.4) is 0 Å². The SMILES string of the molecule is [2H]C([2H])([2H])c1ccc(-c2ccnc(-c3cc(-c4ccccc4)cc(-c4cccc5c4nc(-c4cc(C(C)(C)C)cc(C(C)(C)C)c4O)n5-c4ccc(-c5ccccc5)c(CC)c4)c3)c2)cc1. The highest BCUT2D eigenvalue weighted by atomic mass is 16.3. The zero-order valence-corrected chi connectivity index (χ0v) is 37.2. The largest absolute Gasteiger partial charge is 0.507 e. The van der Waals surface area contributed by atoms with Crippen molar-refractivity contribution in [2.24, 2.45) is 0 Å². The third kappa shape index (κ3) is 8.10. The Kier molecular flexibility index (Phi) is 9.78. The van der Waals surface area contributed by atoms with E-state index >= 15 is 0 Å². The zero-order chi connectivity index (χ0) is 46.5. The van der Waals surface area contributed by atoms with Crippen LogP contribution in [0.25, 0.3) is 83.9 Å². The second-order valence-corrected chi connectivity index (χ2v) is 18.6. The molecule has 0 saturated heterocycles. The highest BCUT2D eigenvalue weighted by molar-refractivity contribution is 5.98. The number of benzene rings is 7. The predicted octanol–water partition coefficient (Wildman–Crippen LogP) is 15.6. The molecular formula is C59H55N3O. The van der Waals surface area contributed by atoms with Gasteiger partial charge in [0.15, 0.2) is 0 Å². The maximum atomic E-state index is 12.4. The van der Waals surface area contributed by atoms with E-state index in [1.807, 2.05) is 36.5 Å². The van der Waals surface area contributed by atoms with Crippen LogP contribution in [0.15, 0.2) is 170 Å². The van der Waals surface area contributed by atoms with E-state index in [-0.39, 0.29) is 16.6 Å². The highest BCUT2D eigenvalue weighted by Crippen LogP contribution is 2.45. The Labute approximate surface area is 376 Å². The van der Waals surface area contributed by atoms with Crippen LogP contribution < -0.4 is 0 Å². The average Bonchev–Trinajstić information content (AvgIpc) is 3.70. The standard InChI is InChI=1S/C59H55N3O/c1-9-39-34-48(27-28-49(39)42-19-14-11-15-20-42)62-54-22-16-21-50(55(54)61-57(62)51-36-47(58(3,4)5)37-52(56(51)63)59(6,7)8)45-31-44(40-17-12-10-13-18-40)32-46(33-45)53-35-43(29-30-60-53)41-25-23-38(2)24-26-41/h10-37,63H,9H2,1-8H3/i2D3. The maximum Gasteiger partial charge on any atom is 0.149 e. The molecule has 9 rings (SSSR count). The summed E-state index contributed by atoms with van der Waals surface area (Å²) in [6, 6.07) is 55.9. The molecule has 0 fully saturated rings. The first kappa shape index (κ1) is 37.7. The third-order valence-corrected chi connectivity index (χ3v) is 12.1. The van der Waals surface area contributed by atoms with Crippen molar-refractivity contribution in [3.63, 3.8) is 0 Å². The van der Waals surface area contributed by atoms with Crippen LogP contribution in [0.4, 0.5) is 0 Å². The molecule has 63 heavy (non-hydrogen) atoms. The molecule has 0 bridgehead atoms. The molecule has 2 heterocycles. The second-order valence-electron chi connectivity index (χ2n) is 18.6. The molecule has 0 radical (unpaired) electrons. The van der Waals surface area contributed by atoms with E-state index in [4.69, 9.17) is 14.1 Å². The minimum absolute atomic E-state index is 0.196. The molecule has 2 aromatic heterocycles. The topological polar surface area (TPSA) is 50.9 Å². The Balaban J connectivity index is 1.29. The molecule has 312 valence electrons. The van der Waals surface area contributed by atoms with E-state index in [1.54, 1.807) is 12.1 Å². The van der Waals surface area contributed by atoms with Gasteiger partial charge in [-0.3, -0.25) is 9.55 Å². The van der Waals surface area contributed by atoms with Gasteiger partial charge in [-0.15, -0.1) is 0 Å². The van der Waals surface area contributed by atoms with Crippen molar-refractivity contribution in [2.45, 2.75) is 72.6 Å². The lowest BCUT2D eigenvalue weighted by Gasteiger charge is -2.27. The van der Waals surface area contributed by atoms with Gasteiger partial charge in [0, 0.05) is 32.7 Å². The van der Waals surface area contributed by atoms with Crippen LogP contribution in [-0.4, -0.2) is 19.6 Å². The van der Waals surface area contributed by atoms with Gasteiger partial charge < -0.3 is 5.11 Å². The van der Waals surface area contributed by atoms with E-state index in [0.717, 1.165) is 78.9 Å². The minimum Gasteiger partial charge on any atom is -0.507 e. The number of hydrogen-bond donors (Lipinski definition) is 1. The Bertz CT molecular complexity index is 3230. The van der Waals surface area contributed by atoms with Crippen LogP contribution >= 0.6 is 0 Å². The molecule has 4 nitrogen and oxygen atoms in total. The van der Waals surface area contributed by atoms with Crippen molar-refractivity contribution in [1.82, 2.24) is 14.5 Å². The summed E-state index contributed by atoms with van der Waals surface area (Å²) in [6.45, 7) is 13.1. The van der Waals surface area contributed by atoms with Crippen LogP contribution in [0, 0.1) is 6.85 Å². The molecule has 4 heteroatoms. The number of aryl methyl sites for hydroxylation is 2. The first-order valence-electron chi connectivity index (χ1n) is 23.3. The monoisotopic (exact) mass is 824 g/mol. The Morgan fingerprint density at radius 1 is 0.556 bits per heavy atom. The van der Waals surface area contributed by atoms with E-state index < -0.39 is 6.85 Å². The number of fused-ring (bicyclic) bond motifs is 1. The summed E-state index contributed by atoms with van der Waals surface area (Å²) in [7, 11) is 0. The lowest BCUT2D eigenvalue weighted by molar-refractivity contribution is 0.446. The number of imidazole rings is 1. The smallest absolute Gasteiger partial charge is 0.149 e. The Morgan fingerprint density at radius 3 is 1.92 bits per heavy atom. The Morgan fingerprint density at radius 2 is 1.24 bits per heavy atom. The molecule has 0 aliphatic heterocycles. The van der Waals surface area contributed by atoms with Crippen LogP contribution in [-0.2, 0) is 17.3 Å². The van der Waals surface area contributed by atoms with Crippen LogP contribution in [0.2, 0.25) is 0 Å². The maximum absolute atomic E-state index is 12.4. The number of phenols is 1. The summed E-state index contributed by atoms with van der Waals surface area (Å²) in [5, 5.41) is 12.4.